The number of para-hydroxylation sites is 1. The van der Waals surface area contributed by atoms with E-state index in [2.05, 4.69) is 31.4 Å². The number of hydrogen-bond acceptors (Lipinski definition) is 4. The van der Waals surface area contributed by atoms with Crippen LogP contribution in [0.15, 0.2) is 30.3 Å². The van der Waals surface area contributed by atoms with Gasteiger partial charge in [-0.2, -0.15) is 5.10 Å². The molecule has 4 amide bonds. The van der Waals surface area contributed by atoms with Crippen LogP contribution in [0.25, 0.3) is 5.69 Å². The van der Waals surface area contributed by atoms with Crippen molar-refractivity contribution in [1.82, 2.24) is 20.0 Å². The predicted octanol–water partition coefficient (Wildman–Crippen LogP) is 3.83. The largest absolute Gasteiger partial charge is 0.325 e. The third kappa shape index (κ3) is 3.89. The average molecular weight is 464 g/mol. The highest BCUT2D eigenvalue weighted by molar-refractivity contribution is 6.10. The van der Waals surface area contributed by atoms with Crippen LogP contribution in [0.5, 0.6) is 0 Å². The van der Waals surface area contributed by atoms with Crippen molar-refractivity contribution in [2.24, 2.45) is 11.3 Å². The lowest BCUT2D eigenvalue weighted by molar-refractivity contribution is -0.135. The summed E-state index contributed by atoms with van der Waals surface area (Å²) in [6.07, 6.45) is 5.73. The fourth-order valence-electron chi connectivity index (χ4n) is 5.73. The molecule has 2 heterocycles. The van der Waals surface area contributed by atoms with Gasteiger partial charge >= 0.3 is 6.03 Å². The molecule has 8 nitrogen and oxygen atoms in total. The Kier molecular flexibility index (Phi) is 5.49. The van der Waals surface area contributed by atoms with Crippen LogP contribution in [0.3, 0.4) is 0 Å². The fraction of sp³-hybridized carbons (Fsp3) is 0.538. The number of nitrogens with one attached hydrogen (secondary N) is 2. The zero-order valence-corrected chi connectivity index (χ0v) is 20.2. The molecule has 2 aromatic rings. The summed E-state index contributed by atoms with van der Waals surface area (Å²) in [7, 11) is 0. The lowest BCUT2D eigenvalue weighted by Crippen LogP contribution is -2.51. The Labute approximate surface area is 200 Å². The van der Waals surface area contributed by atoms with Crippen LogP contribution < -0.4 is 10.6 Å². The van der Waals surface area contributed by atoms with Gasteiger partial charge in [0, 0.05) is 5.56 Å². The highest BCUT2D eigenvalue weighted by atomic mass is 16.2. The summed E-state index contributed by atoms with van der Waals surface area (Å²) in [6, 6.07) is 9.18. The molecule has 34 heavy (non-hydrogen) atoms. The molecule has 1 saturated carbocycles. The summed E-state index contributed by atoms with van der Waals surface area (Å²) in [4.78, 5) is 40.2. The van der Waals surface area contributed by atoms with Gasteiger partial charge < -0.3 is 10.6 Å². The Balaban J connectivity index is 1.31. The second-order valence-electron chi connectivity index (χ2n) is 11.0. The van der Waals surface area contributed by atoms with Gasteiger partial charge in [-0.3, -0.25) is 14.5 Å². The topological polar surface area (TPSA) is 96.3 Å². The van der Waals surface area contributed by atoms with Gasteiger partial charge in [-0.05, 0) is 68.4 Å². The Hall–Kier alpha value is -3.16. The zero-order valence-electron chi connectivity index (χ0n) is 20.2. The van der Waals surface area contributed by atoms with E-state index in [1.54, 1.807) is 4.68 Å². The number of aromatic nitrogens is 2. The quantitative estimate of drug-likeness (QED) is 0.674. The summed E-state index contributed by atoms with van der Waals surface area (Å²) in [5.74, 6) is 0.481. The summed E-state index contributed by atoms with van der Waals surface area (Å²) in [5, 5.41) is 10.6. The average Bonchev–Trinajstić information content (AvgIpc) is 3.45. The fourth-order valence-corrected chi connectivity index (χ4v) is 5.73. The van der Waals surface area contributed by atoms with E-state index in [4.69, 9.17) is 5.10 Å². The van der Waals surface area contributed by atoms with Gasteiger partial charge in [0.1, 0.15) is 17.9 Å². The molecule has 1 saturated heterocycles. The molecule has 1 aromatic carbocycles. The molecule has 3 aliphatic rings. The SMILES string of the molecule is CC(C)(C)C1CCC2(CC1)NC(=O)N(CC(=O)Nc1c3c(nn1-c1ccccc1)CCC3)C2=O. The van der Waals surface area contributed by atoms with E-state index in [9.17, 15) is 14.4 Å². The van der Waals surface area contributed by atoms with Crippen molar-refractivity contribution in [2.75, 3.05) is 11.9 Å². The first-order valence-corrected chi connectivity index (χ1v) is 12.3. The van der Waals surface area contributed by atoms with Crippen molar-refractivity contribution >= 4 is 23.7 Å². The smallest absolute Gasteiger partial charge is 0.323 e. The summed E-state index contributed by atoms with van der Waals surface area (Å²) < 4.78 is 1.75. The number of rotatable bonds is 4. The normalized spacial score (nSPS) is 24.4. The number of benzene rings is 1. The first-order valence-electron chi connectivity index (χ1n) is 12.3. The van der Waals surface area contributed by atoms with E-state index in [1.807, 2.05) is 30.3 Å². The van der Waals surface area contributed by atoms with Crippen LogP contribution in [0.2, 0.25) is 0 Å². The second kappa shape index (κ2) is 8.25. The van der Waals surface area contributed by atoms with Crippen LogP contribution in [0.4, 0.5) is 10.6 Å². The van der Waals surface area contributed by atoms with Gasteiger partial charge in [-0.15, -0.1) is 0 Å². The Morgan fingerprint density at radius 2 is 1.85 bits per heavy atom. The molecule has 1 aromatic heterocycles. The summed E-state index contributed by atoms with van der Waals surface area (Å²) >= 11 is 0. The highest BCUT2D eigenvalue weighted by Gasteiger charge is 2.53. The highest BCUT2D eigenvalue weighted by Crippen LogP contribution is 2.43. The number of anilines is 1. The first-order chi connectivity index (χ1) is 16.2. The van der Waals surface area contributed by atoms with Gasteiger partial charge in [0.05, 0.1) is 11.4 Å². The van der Waals surface area contributed by atoms with E-state index in [0.717, 1.165) is 53.9 Å². The number of fused-ring (bicyclic) bond motifs is 1. The molecular formula is C26H33N5O3. The van der Waals surface area contributed by atoms with E-state index >= 15 is 0 Å². The van der Waals surface area contributed by atoms with Gasteiger partial charge in [-0.1, -0.05) is 39.0 Å². The van der Waals surface area contributed by atoms with Crippen LogP contribution in [0, 0.1) is 11.3 Å². The minimum absolute atomic E-state index is 0.175. The molecule has 5 rings (SSSR count). The van der Waals surface area contributed by atoms with Gasteiger partial charge in [-0.25, -0.2) is 9.48 Å². The maximum atomic E-state index is 13.3. The van der Waals surface area contributed by atoms with Crippen molar-refractivity contribution in [3.63, 3.8) is 0 Å². The molecule has 0 bridgehead atoms. The molecule has 1 aliphatic heterocycles. The third-order valence-corrected chi connectivity index (χ3v) is 7.78. The minimum Gasteiger partial charge on any atom is -0.323 e. The van der Waals surface area contributed by atoms with E-state index in [1.165, 1.54) is 0 Å². The first kappa shape index (κ1) is 22.6. The molecule has 0 atom stereocenters. The van der Waals surface area contributed by atoms with Crippen LogP contribution >= 0.6 is 0 Å². The predicted molar refractivity (Wildman–Crippen MR) is 129 cm³/mol. The molecule has 2 fully saturated rings. The maximum Gasteiger partial charge on any atom is 0.325 e. The maximum absolute atomic E-state index is 13.3. The van der Waals surface area contributed by atoms with Crippen molar-refractivity contribution < 1.29 is 14.4 Å². The number of carbonyl (C=O) groups is 3. The monoisotopic (exact) mass is 463 g/mol. The summed E-state index contributed by atoms with van der Waals surface area (Å²) in [6.45, 7) is 6.36. The van der Waals surface area contributed by atoms with Crippen molar-refractivity contribution in [3.05, 3.63) is 41.6 Å². The zero-order chi connectivity index (χ0) is 24.1. The van der Waals surface area contributed by atoms with Crippen molar-refractivity contribution in [3.8, 4) is 5.69 Å². The lowest BCUT2D eigenvalue weighted by Gasteiger charge is -2.40. The number of carbonyl (C=O) groups excluding carboxylic acids is 3. The molecule has 8 heteroatoms. The van der Waals surface area contributed by atoms with Crippen molar-refractivity contribution in [1.29, 1.82) is 0 Å². The van der Waals surface area contributed by atoms with E-state index in [0.29, 0.717) is 24.6 Å². The number of urea groups is 1. The van der Waals surface area contributed by atoms with Gasteiger partial charge in [0.2, 0.25) is 5.91 Å². The number of hydrogen-bond donors (Lipinski definition) is 2. The van der Waals surface area contributed by atoms with Gasteiger partial charge in [0.15, 0.2) is 0 Å². The molecule has 2 N–H and O–H groups in total. The number of nitrogens with zero attached hydrogens (tertiary/aromatic N) is 3. The van der Waals surface area contributed by atoms with Crippen LogP contribution in [-0.2, 0) is 22.4 Å². The summed E-state index contributed by atoms with van der Waals surface area (Å²) in [5.41, 5.74) is 2.19. The van der Waals surface area contributed by atoms with Gasteiger partial charge in [0.25, 0.3) is 5.91 Å². The minimum atomic E-state index is -0.869. The molecule has 0 unspecified atom stereocenters. The Morgan fingerprint density at radius 3 is 2.53 bits per heavy atom. The second-order valence-corrected chi connectivity index (χ2v) is 11.0. The van der Waals surface area contributed by atoms with Crippen molar-refractivity contribution in [2.45, 2.75) is 71.3 Å². The van der Waals surface area contributed by atoms with Crippen LogP contribution in [0.1, 0.15) is 64.1 Å². The Morgan fingerprint density at radius 1 is 1.15 bits per heavy atom. The Bertz CT molecular complexity index is 1120. The molecule has 180 valence electrons. The van der Waals surface area contributed by atoms with E-state index in [-0.39, 0.29) is 17.9 Å². The molecular weight excluding hydrogens is 430 g/mol. The van der Waals surface area contributed by atoms with E-state index < -0.39 is 17.5 Å². The molecule has 1 spiro atoms. The number of imide groups is 1. The lowest BCUT2D eigenvalue weighted by atomic mass is 9.67. The standard InChI is InChI=1S/C26H33N5O3/c1-25(2,3)17-12-14-26(15-13-17)23(33)30(24(34)28-26)16-21(32)27-22-19-10-7-11-20(19)29-31(22)18-8-5-4-6-9-18/h4-6,8-9,17H,7,10-16H2,1-3H3,(H,27,32)(H,28,34). The third-order valence-electron chi connectivity index (χ3n) is 7.78. The number of aryl methyl sites for hydroxylation is 1. The molecule has 0 radical (unpaired) electrons. The van der Waals surface area contributed by atoms with Crippen LogP contribution in [-0.4, -0.2) is 44.6 Å². The number of amides is 4. The molecule has 2 aliphatic carbocycles.